The minimum atomic E-state index is -1.08. The van der Waals surface area contributed by atoms with Gasteiger partial charge in [0, 0.05) is 13.7 Å². The SMILES string of the molecule is COCCNC(=O)CNC(=O)C1CCC(C(=O)O)O1. The fourth-order valence-electron chi connectivity index (χ4n) is 1.65. The quantitative estimate of drug-likeness (QED) is 0.487. The van der Waals surface area contributed by atoms with E-state index in [1.807, 2.05) is 0 Å². The van der Waals surface area contributed by atoms with Gasteiger partial charge in [0.1, 0.15) is 6.10 Å². The highest BCUT2D eigenvalue weighted by atomic mass is 16.5. The summed E-state index contributed by atoms with van der Waals surface area (Å²) >= 11 is 0. The maximum Gasteiger partial charge on any atom is 0.332 e. The molecule has 19 heavy (non-hydrogen) atoms. The number of carboxylic acids is 1. The van der Waals surface area contributed by atoms with E-state index in [1.165, 1.54) is 7.11 Å². The summed E-state index contributed by atoms with van der Waals surface area (Å²) in [4.78, 5) is 33.6. The molecule has 1 aliphatic rings. The molecule has 1 rings (SSSR count). The normalized spacial score (nSPS) is 21.9. The van der Waals surface area contributed by atoms with Crippen LogP contribution in [-0.4, -0.2) is 61.9 Å². The van der Waals surface area contributed by atoms with Crippen molar-refractivity contribution in [1.82, 2.24) is 10.6 Å². The van der Waals surface area contributed by atoms with Crippen LogP contribution in [0, 0.1) is 0 Å². The van der Waals surface area contributed by atoms with Gasteiger partial charge in [-0.25, -0.2) is 4.79 Å². The maximum atomic E-state index is 11.6. The van der Waals surface area contributed by atoms with E-state index in [0.717, 1.165) is 0 Å². The predicted molar refractivity (Wildman–Crippen MR) is 63.4 cm³/mol. The van der Waals surface area contributed by atoms with E-state index in [4.69, 9.17) is 14.6 Å². The first-order valence-corrected chi connectivity index (χ1v) is 5.96. The van der Waals surface area contributed by atoms with Crippen LogP contribution in [0.15, 0.2) is 0 Å². The molecule has 1 saturated heterocycles. The molecule has 0 spiro atoms. The van der Waals surface area contributed by atoms with Gasteiger partial charge in [-0.05, 0) is 12.8 Å². The fraction of sp³-hybridized carbons (Fsp3) is 0.727. The number of hydrogen-bond donors (Lipinski definition) is 3. The van der Waals surface area contributed by atoms with Crippen LogP contribution in [0.2, 0.25) is 0 Å². The molecule has 1 heterocycles. The summed E-state index contributed by atoms with van der Waals surface area (Å²) in [6.45, 7) is 0.595. The van der Waals surface area contributed by atoms with E-state index in [1.54, 1.807) is 0 Å². The monoisotopic (exact) mass is 274 g/mol. The van der Waals surface area contributed by atoms with E-state index < -0.39 is 24.1 Å². The third-order valence-electron chi connectivity index (χ3n) is 2.64. The number of rotatable bonds is 7. The molecule has 0 radical (unpaired) electrons. The van der Waals surface area contributed by atoms with Crippen molar-refractivity contribution in [3.63, 3.8) is 0 Å². The zero-order valence-electron chi connectivity index (χ0n) is 10.7. The molecule has 0 saturated carbocycles. The summed E-state index contributed by atoms with van der Waals surface area (Å²) in [6.07, 6.45) is -1.10. The van der Waals surface area contributed by atoms with Crippen LogP contribution in [-0.2, 0) is 23.9 Å². The van der Waals surface area contributed by atoms with Crippen molar-refractivity contribution in [3.8, 4) is 0 Å². The van der Waals surface area contributed by atoms with Gasteiger partial charge in [0.2, 0.25) is 11.8 Å². The number of carbonyl (C=O) groups excluding carboxylic acids is 2. The van der Waals surface area contributed by atoms with Crippen molar-refractivity contribution in [3.05, 3.63) is 0 Å². The molecule has 2 atom stereocenters. The van der Waals surface area contributed by atoms with Crippen molar-refractivity contribution < 1.29 is 29.0 Å². The van der Waals surface area contributed by atoms with Gasteiger partial charge in [-0.15, -0.1) is 0 Å². The summed E-state index contributed by atoms with van der Waals surface area (Å²) in [5.41, 5.74) is 0. The minimum absolute atomic E-state index is 0.167. The topological polar surface area (TPSA) is 114 Å². The summed E-state index contributed by atoms with van der Waals surface area (Å²) in [6, 6.07) is 0. The van der Waals surface area contributed by atoms with E-state index in [2.05, 4.69) is 10.6 Å². The number of nitrogens with one attached hydrogen (secondary N) is 2. The van der Waals surface area contributed by atoms with E-state index >= 15 is 0 Å². The van der Waals surface area contributed by atoms with Crippen LogP contribution in [0.3, 0.4) is 0 Å². The molecule has 2 amide bonds. The molecule has 0 aromatic carbocycles. The highest BCUT2D eigenvalue weighted by molar-refractivity contribution is 5.87. The maximum absolute atomic E-state index is 11.6. The Morgan fingerprint density at radius 1 is 1.26 bits per heavy atom. The molecule has 8 nitrogen and oxygen atoms in total. The number of aliphatic carboxylic acids is 1. The molecule has 2 unspecified atom stereocenters. The van der Waals surface area contributed by atoms with Crippen molar-refractivity contribution in [2.75, 3.05) is 26.8 Å². The highest BCUT2D eigenvalue weighted by Gasteiger charge is 2.34. The van der Waals surface area contributed by atoms with Gasteiger partial charge in [0.25, 0.3) is 0 Å². The lowest BCUT2D eigenvalue weighted by molar-refractivity contribution is -0.152. The second-order valence-corrected chi connectivity index (χ2v) is 4.09. The van der Waals surface area contributed by atoms with Crippen molar-refractivity contribution >= 4 is 17.8 Å². The summed E-state index contributed by atoms with van der Waals surface area (Å²) in [5, 5.41) is 13.7. The van der Waals surface area contributed by atoms with Gasteiger partial charge in [-0.2, -0.15) is 0 Å². The van der Waals surface area contributed by atoms with Crippen LogP contribution in [0.1, 0.15) is 12.8 Å². The number of carbonyl (C=O) groups is 3. The Kier molecular flexibility index (Phi) is 6.23. The number of hydrogen-bond acceptors (Lipinski definition) is 5. The first-order valence-electron chi connectivity index (χ1n) is 5.96. The van der Waals surface area contributed by atoms with E-state index in [-0.39, 0.29) is 12.5 Å². The van der Waals surface area contributed by atoms with Gasteiger partial charge in [-0.3, -0.25) is 9.59 Å². The van der Waals surface area contributed by atoms with Crippen molar-refractivity contribution in [1.29, 1.82) is 0 Å². The summed E-state index contributed by atoms with van der Waals surface area (Å²) < 4.78 is 9.81. The molecule has 0 aliphatic carbocycles. The summed E-state index contributed by atoms with van der Waals surface area (Å²) in [7, 11) is 1.52. The average Bonchev–Trinajstić information content (AvgIpc) is 2.86. The Balaban J connectivity index is 2.21. The van der Waals surface area contributed by atoms with Gasteiger partial charge < -0.3 is 25.2 Å². The number of ether oxygens (including phenoxy) is 2. The number of carboxylic acid groups (broad SMARTS) is 1. The Morgan fingerprint density at radius 2 is 1.95 bits per heavy atom. The average molecular weight is 274 g/mol. The Labute approximate surface area is 110 Å². The Bertz CT molecular complexity index is 346. The van der Waals surface area contributed by atoms with E-state index in [9.17, 15) is 14.4 Å². The van der Waals surface area contributed by atoms with Gasteiger partial charge in [-0.1, -0.05) is 0 Å². The van der Waals surface area contributed by atoms with Crippen LogP contribution in [0.25, 0.3) is 0 Å². The molecule has 108 valence electrons. The van der Waals surface area contributed by atoms with Crippen molar-refractivity contribution in [2.45, 2.75) is 25.0 Å². The molecule has 0 aromatic rings. The molecule has 0 bridgehead atoms. The van der Waals surface area contributed by atoms with Crippen LogP contribution >= 0.6 is 0 Å². The first kappa shape index (κ1) is 15.4. The van der Waals surface area contributed by atoms with Gasteiger partial charge in [0.05, 0.1) is 13.2 Å². The van der Waals surface area contributed by atoms with Crippen LogP contribution < -0.4 is 10.6 Å². The predicted octanol–water partition coefficient (Wildman–Crippen LogP) is -1.50. The summed E-state index contributed by atoms with van der Waals surface area (Å²) in [5.74, 6) is -1.88. The molecular formula is C11H18N2O6. The van der Waals surface area contributed by atoms with Crippen LogP contribution in [0.5, 0.6) is 0 Å². The Hall–Kier alpha value is -1.67. The highest BCUT2D eigenvalue weighted by Crippen LogP contribution is 2.19. The Morgan fingerprint density at radius 3 is 2.53 bits per heavy atom. The second kappa shape index (κ2) is 7.70. The number of methoxy groups -OCH3 is 1. The van der Waals surface area contributed by atoms with E-state index in [0.29, 0.717) is 26.0 Å². The lowest BCUT2D eigenvalue weighted by atomic mass is 10.2. The van der Waals surface area contributed by atoms with Crippen molar-refractivity contribution in [2.24, 2.45) is 0 Å². The van der Waals surface area contributed by atoms with Crippen LogP contribution in [0.4, 0.5) is 0 Å². The fourth-order valence-corrected chi connectivity index (χ4v) is 1.65. The third kappa shape index (κ3) is 5.23. The lowest BCUT2D eigenvalue weighted by Gasteiger charge is -2.11. The molecule has 8 heteroatoms. The second-order valence-electron chi connectivity index (χ2n) is 4.09. The first-order chi connectivity index (χ1) is 9.04. The van der Waals surface area contributed by atoms with Gasteiger partial charge >= 0.3 is 5.97 Å². The zero-order chi connectivity index (χ0) is 14.3. The lowest BCUT2D eigenvalue weighted by Crippen LogP contribution is -2.42. The third-order valence-corrected chi connectivity index (χ3v) is 2.64. The molecule has 3 N–H and O–H groups in total. The number of amides is 2. The molecule has 1 aliphatic heterocycles. The zero-order valence-corrected chi connectivity index (χ0v) is 10.7. The molecule has 1 fully saturated rings. The minimum Gasteiger partial charge on any atom is -0.479 e. The molecule has 0 aromatic heterocycles. The standard InChI is InChI=1S/C11H18N2O6/c1-18-5-4-12-9(14)6-13-10(15)7-2-3-8(19-7)11(16)17/h7-8H,2-6H2,1H3,(H,12,14)(H,13,15)(H,16,17). The largest absolute Gasteiger partial charge is 0.479 e. The van der Waals surface area contributed by atoms with Gasteiger partial charge in [0.15, 0.2) is 6.10 Å². The molecular weight excluding hydrogens is 256 g/mol. The smallest absolute Gasteiger partial charge is 0.332 e.